The van der Waals surface area contributed by atoms with Crippen LogP contribution in [-0.4, -0.2) is 45.2 Å². The maximum Gasteiger partial charge on any atom is 0.336 e. The Hall–Kier alpha value is -2.12. The van der Waals surface area contributed by atoms with Crippen LogP contribution in [0.3, 0.4) is 0 Å². The Balaban J connectivity index is 1.98. The van der Waals surface area contributed by atoms with Crippen molar-refractivity contribution >= 4 is 17.6 Å². The molecule has 6 nitrogen and oxygen atoms in total. The van der Waals surface area contributed by atoms with Gasteiger partial charge in [-0.3, -0.25) is 0 Å². The van der Waals surface area contributed by atoms with Crippen molar-refractivity contribution in [3.8, 4) is 5.75 Å². The van der Waals surface area contributed by atoms with E-state index in [2.05, 4.69) is 0 Å². The second kappa shape index (κ2) is 8.27. The smallest absolute Gasteiger partial charge is 0.336 e. The molecule has 3 atom stereocenters. The fourth-order valence-electron chi connectivity index (χ4n) is 3.37. The molecule has 4 N–H and O–H groups in total. The molecular weight excluding hydrogens is 372 g/mol. The first kappa shape index (κ1) is 19.6. The molecule has 0 radical (unpaired) electrons. The van der Waals surface area contributed by atoms with Crippen LogP contribution < -0.4 is 0 Å². The highest BCUT2D eigenvalue weighted by molar-refractivity contribution is 6.31. The molecular formula is C20H21ClO6. The van der Waals surface area contributed by atoms with Crippen LogP contribution in [0.25, 0.3) is 0 Å². The molecule has 0 amide bonds. The fraction of sp³-hybridized carbons (Fsp3) is 0.350. The molecule has 1 saturated heterocycles. The Morgan fingerprint density at radius 2 is 1.89 bits per heavy atom. The van der Waals surface area contributed by atoms with Crippen LogP contribution in [0.1, 0.15) is 46.0 Å². The monoisotopic (exact) mass is 392 g/mol. The molecule has 144 valence electrons. The molecule has 1 aliphatic heterocycles. The summed E-state index contributed by atoms with van der Waals surface area (Å²) in [6.45, 7) is -0.246. The first-order chi connectivity index (χ1) is 12.9. The molecule has 27 heavy (non-hydrogen) atoms. The lowest BCUT2D eigenvalue weighted by molar-refractivity contribution is -0.114. The van der Waals surface area contributed by atoms with Gasteiger partial charge in [0.25, 0.3) is 0 Å². The highest BCUT2D eigenvalue weighted by atomic mass is 35.5. The zero-order valence-electron chi connectivity index (χ0n) is 14.5. The van der Waals surface area contributed by atoms with Crippen LogP contribution in [-0.2, 0) is 11.2 Å². The predicted molar refractivity (Wildman–Crippen MR) is 99.3 cm³/mol. The van der Waals surface area contributed by atoms with Gasteiger partial charge in [0.15, 0.2) is 0 Å². The number of phenols is 1. The van der Waals surface area contributed by atoms with Gasteiger partial charge in [-0.05, 0) is 41.3 Å². The highest BCUT2D eigenvalue weighted by Gasteiger charge is 2.32. The molecule has 2 aromatic rings. The van der Waals surface area contributed by atoms with Gasteiger partial charge < -0.3 is 25.2 Å². The van der Waals surface area contributed by atoms with Gasteiger partial charge >= 0.3 is 5.97 Å². The number of halogens is 1. The molecule has 3 rings (SSSR count). The van der Waals surface area contributed by atoms with Crippen molar-refractivity contribution in [2.24, 2.45) is 0 Å². The molecule has 0 aliphatic carbocycles. The lowest BCUT2D eigenvalue weighted by atomic mass is 9.90. The van der Waals surface area contributed by atoms with Crippen molar-refractivity contribution in [2.45, 2.75) is 37.6 Å². The number of ether oxygens (including phenoxy) is 1. The normalized spacial score (nSPS) is 22.6. The van der Waals surface area contributed by atoms with Gasteiger partial charge in [0.05, 0.1) is 30.5 Å². The minimum Gasteiger partial charge on any atom is -0.508 e. The van der Waals surface area contributed by atoms with Gasteiger partial charge in [0.2, 0.25) is 0 Å². The largest absolute Gasteiger partial charge is 0.508 e. The van der Waals surface area contributed by atoms with Gasteiger partial charge in [0, 0.05) is 17.9 Å². The Morgan fingerprint density at radius 1 is 1.19 bits per heavy atom. The van der Waals surface area contributed by atoms with E-state index in [1.165, 1.54) is 6.07 Å². The van der Waals surface area contributed by atoms with Crippen molar-refractivity contribution in [1.82, 2.24) is 0 Å². The Labute approximate surface area is 161 Å². The number of phenolic OH excluding ortho intramolecular Hbond substituents is 1. The average molecular weight is 393 g/mol. The van der Waals surface area contributed by atoms with E-state index in [0.717, 1.165) is 5.56 Å². The van der Waals surface area contributed by atoms with Crippen molar-refractivity contribution in [3.05, 3.63) is 63.7 Å². The summed E-state index contributed by atoms with van der Waals surface area (Å²) in [6.07, 6.45) is -0.867. The quantitative estimate of drug-likeness (QED) is 0.623. The van der Waals surface area contributed by atoms with E-state index in [-0.39, 0.29) is 24.3 Å². The van der Waals surface area contributed by atoms with Crippen LogP contribution in [0.2, 0.25) is 5.02 Å². The van der Waals surface area contributed by atoms with Crippen LogP contribution in [0.15, 0.2) is 36.4 Å². The summed E-state index contributed by atoms with van der Waals surface area (Å²) < 4.78 is 5.79. The summed E-state index contributed by atoms with van der Waals surface area (Å²) in [5.74, 6) is -0.973. The highest BCUT2D eigenvalue weighted by Crippen LogP contribution is 2.36. The van der Waals surface area contributed by atoms with Gasteiger partial charge in [-0.1, -0.05) is 29.8 Å². The number of hydrogen-bond donors (Lipinski definition) is 4. The number of aliphatic hydroxyl groups excluding tert-OH is 2. The van der Waals surface area contributed by atoms with Crippen molar-refractivity contribution in [2.75, 3.05) is 6.61 Å². The standard InChI is InChI=1S/C20H21ClO6/c21-18-9-17(20(25)26)16(19-8-14(24)7-15(10-22)27-19)6-12(18)5-11-1-3-13(23)4-2-11/h1-4,6,9,14-15,19,22-24H,5,7-8,10H2,(H,25,26)/t14-,15-,19+/m0/s1. The van der Waals surface area contributed by atoms with Crippen molar-refractivity contribution in [3.63, 3.8) is 0 Å². The predicted octanol–water partition coefficient (Wildman–Crippen LogP) is 2.91. The average Bonchev–Trinajstić information content (AvgIpc) is 2.64. The molecule has 2 aromatic carbocycles. The summed E-state index contributed by atoms with van der Waals surface area (Å²) in [7, 11) is 0. The van der Waals surface area contributed by atoms with Crippen LogP contribution in [0, 0.1) is 0 Å². The van der Waals surface area contributed by atoms with Crippen molar-refractivity contribution < 1.29 is 30.0 Å². The van der Waals surface area contributed by atoms with Gasteiger partial charge in [-0.25, -0.2) is 4.79 Å². The molecule has 0 spiro atoms. The number of hydrogen-bond acceptors (Lipinski definition) is 5. The Morgan fingerprint density at radius 3 is 2.52 bits per heavy atom. The van der Waals surface area contributed by atoms with E-state index in [9.17, 15) is 25.2 Å². The number of carbonyl (C=O) groups is 1. The van der Waals surface area contributed by atoms with Crippen LogP contribution in [0.4, 0.5) is 0 Å². The third kappa shape index (κ3) is 4.59. The molecule has 0 unspecified atom stereocenters. The first-order valence-corrected chi connectivity index (χ1v) is 9.03. The number of carboxylic acid groups (broad SMARTS) is 1. The Bertz CT molecular complexity index is 820. The van der Waals surface area contributed by atoms with E-state index in [4.69, 9.17) is 16.3 Å². The first-order valence-electron chi connectivity index (χ1n) is 8.65. The molecule has 0 aromatic heterocycles. The zero-order chi connectivity index (χ0) is 19.6. The number of aromatic hydroxyl groups is 1. The van der Waals surface area contributed by atoms with Crippen molar-refractivity contribution in [1.29, 1.82) is 0 Å². The lowest BCUT2D eigenvalue weighted by Crippen LogP contribution is -2.34. The maximum absolute atomic E-state index is 11.7. The third-order valence-corrected chi connectivity index (χ3v) is 5.06. The molecule has 1 fully saturated rings. The van der Waals surface area contributed by atoms with E-state index in [1.54, 1.807) is 30.3 Å². The molecule has 1 heterocycles. The number of benzene rings is 2. The number of rotatable bonds is 5. The van der Waals surface area contributed by atoms with E-state index in [1.807, 2.05) is 0 Å². The minimum absolute atomic E-state index is 0.0187. The summed E-state index contributed by atoms with van der Waals surface area (Å²) in [4.78, 5) is 11.7. The molecule has 7 heteroatoms. The summed E-state index contributed by atoms with van der Waals surface area (Å²) >= 11 is 6.31. The van der Waals surface area contributed by atoms with E-state index < -0.39 is 24.3 Å². The molecule has 1 aliphatic rings. The maximum atomic E-state index is 11.7. The molecule has 0 saturated carbocycles. The van der Waals surface area contributed by atoms with Gasteiger partial charge in [-0.15, -0.1) is 0 Å². The van der Waals surface area contributed by atoms with Crippen LogP contribution >= 0.6 is 11.6 Å². The van der Waals surface area contributed by atoms with Gasteiger partial charge in [0.1, 0.15) is 5.75 Å². The zero-order valence-corrected chi connectivity index (χ0v) is 15.3. The van der Waals surface area contributed by atoms with Gasteiger partial charge in [-0.2, -0.15) is 0 Å². The second-order valence-corrected chi connectivity index (χ2v) is 7.14. The minimum atomic E-state index is -1.13. The summed E-state index contributed by atoms with van der Waals surface area (Å²) in [6, 6.07) is 9.76. The number of carboxylic acids is 1. The number of aliphatic hydroxyl groups is 2. The lowest BCUT2D eigenvalue weighted by Gasteiger charge is -2.33. The summed E-state index contributed by atoms with van der Waals surface area (Å²) in [5, 5.41) is 38.7. The Kier molecular flexibility index (Phi) is 6.01. The van der Waals surface area contributed by atoms with E-state index in [0.29, 0.717) is 29.0 Å². The fourth-order valence-corrected chi connectivity index (χ4v) is 3.60. The third-order valence-electron chi connectivity index (χ3n) is 4.71. The summed E-state index contributed by atoms with van der Waals surface area (Å²) in [5.41, 5.74) is 2.07. The topological polar surface area (TPSA) is 107 Å². The van der Waals surface area contributed by atoms with Crippen LogP contribution in [0.5, 0.6) is 5.75 Å². The number of aromatic carboxylic acids is 1. The second-order valence-electron chi connectivity index (χ2n) is 6.73. The molecule has 0 bridgehead atoms. The van der Waals surface area contributed by atoms with E-state index >= 15 is 0 Å². The SMILES string of the molecule is O=C(O)c1cc(Cl)c(Cc2ccc(O)cc2)cc1[C@H]1C[C@@H](O)C[C@@H](CO)O1.